The van der Waals surface area contributed by atoms with E-state index in [1.54, 1.807) is 0 Å². The van der Waals surface area contributed by atoms with Crippen molar-refractivity contribution in [2.75, 3.05) is 6.54 Å². The zero-order valence-corrected chi connectivity index (χ0v) is 17.3. The van der Waals surface area contributed by atoms with Crippen LogP contribution in [0.1, 0.15) is 48.2 Å². The fraction of sp³-hybridized carbons (Fsp3) is 0.360. The Morgan fingerprint density at radius 1 is 1.00 bits per heavy atom. The van der Waals surface area contributed by atoms with Crippen LogP contribution in [-0.2, 0) is 16.6 Å². The second kappa shape index (κ2) is 8.24. The molecule has 1 aliphatic rings. The molecule has 0 spiro atoms. The first-order valence-electron chi connectivity index (χ1n) is 10.5. The number of rotatable bonds is 6. The van der Waals surface area contributed by atoms with E-state index in [0.717, 1.165) is 35.5 Å². The maximum atomic E-state index is 12.8. The van der Waals surface area contributed by atoms with Crippen LogP contribution in [0, 0.1) is 13.8 Å². The topological polar surface area (TPSA) is 46.9 Å². The van der Waals surface area contributed by atoms with Crippen LogP contribution in [0.4, 0.5) is 0 Å². The Bertz CT molecular complexity index is 970. The van der Waals surface area contributed by atoms with Crippen LogP contribution in [0.3, 0.4) is 0 Å². The molecular weight excluding hydrogens is 358 g/mol. The minimum absolute atomic E-state index is 0.0750. The molecule has 3 aromatic rings. The smallest absolute Gasteiger partial charge is 0.224 e. The minimum Gasteiger partial charge on any atom is -0.355 e. The van der Waals surface area contributed by atoms with E-state index in [9.17, 15) is 4.79 Å². The maximum absolute atomic E-state index is 12.8. The Balaban J connectivity index is 1.47. The highest BCUT2D eigenvalue weighted by atomic mass is 16.1. The molecule has 1 aromatic heterocycles. The van der Waals surface area contributed by atoms with Crippen LogP contribution in [0.2, 0.25) is 0 Å². The quantitative estimate of drug-likeness (QED) is 0.669. The summed E-state index contributed by atoms with van der Waals surface area (Å²) in [5, 5.41) is 7.91. The summed E-state index contributed by atoms with van der Waals surface area (Å²) in [5.74, 6) is 0.0750. The van der Waals surface area contributed by atoms with Crippen molar-refractivity contribution in [1.29, 1.82) is 0 Å². The number of aromatic nitrogens is 2. The van der Waals surface area contributed by atoms with Crippen LogP contribution in [-0.4, -0.2) is 22.2 Å². The van der Waals surface area contributed by atoms with Gasteiger partial charge in [-0.1, -0.05) is 61.4 Å². The van der Waals surface area contributed by atoms with Crippen molar-refractivity contribution in [2.24, 2.45) is 0 Å². The lowest BCUT2D eigenvalue weighted by Gasteiger charge is -2.30. The van der Waals surface area contributed by atoms with Crippen LogP contribution in [0.5, 0.6) is 0 Å². The van der Waals surface area contributed by atoms with Gasteiger partial charge in [-0.05, 0) is 44.4 Å². The molecule has 1 heterocycles. The zero-order chi connectivity index (χ0) is 20.3. The van der Waals surface area contributed by atoms with E-state index in [4.69, 9.17) is 0 Å². The number of benzene rings is 2. The van der Waals surface area contributed by atoms with Crippen molar-refractivity contribution in [3.63, 3.8) is 0 Å². The first-order chi connectivity index (χ1) is 14.1. The third-order valence-electron chi connectivity index (χ3n) is 6.35. The predicted octanol–water partition coefficient (Wildman–Crippen LogP) is 4.66. The average Bonchev–Trinajstić information content (AvgIpc) is 3.35. The standard InChI is InChI=1S/C25H29N3O/c1-19-23(20(2)28(27-19)22-13-7-4-8-14-22)17-24(29)26-18-25(15-9-10-16-25)21-11-5-3-6-12-21/h3-8,11-14H,9-10,15-18H2,1-2H3,(H,26,29). The van der Waals surface area contributed by atoms with E-state index in [1.165, 1.54) is 18.4 Å². The van der Waals surface area contributed by atoms with E-state index in [-0.39, 0.29) is 11.3 Å². The average molecular weight is 388 g/mol. The van der Waals surface area contributed by atoms with Gasteiger partial charge >= 0.3 is 0 Å². The number of amides is 1. The molecular formula is C25H29N3O. The van der Waals surface area contributed by atoms with Gasteiger partial charge in [0.15, 0.2) is 0 Å². The normalized spacial score (nSPS) is 15.4. The third-order valence-corrected chi connectivity index (χ3v) is 6.35. The SMILES string of the molecule is Cc1nn(-c2ccccc2)c(C)c1CC(=O)NCC1(c2ccccc2)CCCC1. The van der Waals surface area contributed by atoms with Gasteiger partial charge in [0.2, 0.25) is 5.91 Å². The molecule has 1 fully saturated rings. The maximum Gasteiger partial charge on any atom is 0.224 e. The molecule has 0 saturated heterocycles. The van der Waals surface area contributed by atoms with Crippen molar-refractivity contribution in [1.82, 2.24) is 15.1 Å². The Morgan fingerprint density at radius 2 is 1.62 bits per heavy atom. The molecule has 4 rings (SSSR count). The van der Waals surface area contributed by atoms with Crippen molar-refractivity contribution in [3.05, 3.63) is 83.2 Å². The summed E-state index contributed by atoms with van der Waals surface area (Å²) in [5.41, 5.74) is 5.42. The van der Waals surface area contributed by atoms with Crippen LogP contribution in [0.15, 0.2) is 60.7 Å². The molecule has 1 N–H and O–H groups in total. The Morgan fingerprint density at radius 3 is 2.28 bits per heavy atom. The first-order valence-corrected chi connectivity index (χ1v) is 10.5. The van der Waals surface area contributed by atoms with E-state index in [2.05, 4.69) is 40.7 Å². The van der Waals surface area contributed by atoms with E-state index >= 15 is 0 Å². The number of carbonyl (C=O) groups is 1. The number of hydrogen-bond donors (Lipinski definition) is 1. The van der Waals surface area contributed by atoms with Crippen LogP contribution < -0.4 is 5.32 Å². The highest BCUT2D eigenvalue weighted by Gasteiger charge is 2.35. The van der Waals surface area contributed by atoms with E-state index in [1.807, 2.05) is 48.9 Å². The van der Waals surface area contributed by atoms with E-state index < -0.39 is 0 Å². The molecule has 1 saturated carbocycles. The van der Waals surface area contributed by atoms with Gasteiger partial charge in [0.05, 0.1) is 17.8 Å². The summed E-state index contributed by atoms with van der Waals surface area (Å²) in [6, 6.07) is 20.7. The molecule has 0 unspecified atom stereocenters. The van der Waals surface area contributed by atoms with Gasteiger partial charge in [0, 0.05) is 23.2 Å². The fourth-order valence-corrected chi connectivity index (χ4v) is 4.65. The number of carbonyl (C=O) groups excluding carboxylic acids is 1. The van der Waals surface area contributed by atoms with Crippen LogP contribution in [0.25, 0.3) is 5.69 Å². The predicted molar refractivity (Wildman–Crippen MR) is 116 cm³/mol. The second-order valence-electron chi connectivity index (χ2n) is 8.20. The highest BCUT2D eigenvalue weighted by molar-refractivity contribution is 5.79. The Kier molecular flexibility index (Phi) is 5.52. The molecule has 4 nitrogen and oxygen atoms in total. The molecule has 1 aliphatic carbocycles. The summed E-state index contributed by atoms with van der Waals surface area (Å²) in [7, 11) is 0. The van der Waals surface area contributed by atoms with Gasteiger partial charge in [-0.25, -0.2) is 4.68 Å². The molecule has 0 radical (unpaired) electrons. The molecule has 0 bridgehead atoms. The van der Waals surface area contributed by atoms with Gasteiger partial charge in [0.25, 0.3) is 0 Å². The number of nitrogens with one attached hydrogen (secondary N) is 1. The van der Waals surface area contributed by atoms with Gasteiger partial charge in [-0.3, -0.25) is 4.79 Å². The summed E-state index contributed by atoms with van der Waals surface area (Å²) >= 11 is 0. The summed E-state index contributed by atoms with van der Waals surface area (Å²) in [4.78, 5) is 12.8. The molecule has 1 amide bonds. The second-order valence-corrected chi connectivity index (χ2v) is 8.20. The van der Waals surface area contributed by atoms with Gasteiger partial charge in [-0.15, -0.1) is 0 Å². The van der Waals surface area contributed by atoms with Crippen molar-refractivity contribution < 1.29 is 4.79 Å². The van der Waals surface area contributed by atoms with Gasteiger partial charge < -0.3 is 5.32 Å². The molecule has 150 valence electrons. The van der Waals surface area contributed by atoms with E-state index in [0.29, 0.717) is 13.0 Å². The number of hydrogen-bond acceptors (Lipinski definition) is 2. The number of aryl methyl sites for hydroxylation is 1. The molecule has 0 atom stereocenters. The molecule has 0 aliphatic heterocycles. The third kappa shape index (κ3) is 3.98. The monoisotopic (exact) mass is 387 g/mol. The summed E-state index contributed by atoms with van der Waals surface area (Å²) in [6.45, 7) is 4.73. The molecule has 4 heteroatoms. The minimum atomic E-state index is 0.0750. The lowest BCUT2D eigenvalue weighted by Crippen LogP contribution is -2.39. The van der Waals surface area contributed by atoms with Crippen molar-refractivity contribution >= 4 is 5.91 Å². The summed E-state index contributed by atoms with van der Waals surface area (Å²) < 4.78 is 1.93. The van der Waals surface area contributed by atoms with Gasteiger partial charge in [-0.2, -0.15) is 5.10 Å². The Labute approximate surface area is 173 Å². The largest absolute Gasteiger partial charge is 0.355 e. The molecule has 29 heavy (non-hydrogen) atoms. The number of para-hydroxylation sites is 1. The van der Waals surface area contributed by atoms with Crippen LogP contribution >= 0.6 is 0 Å². The first kappa shape index (κ1) is 19.4. The fourth-order valence-electron chi connectivity index (χ4n) is 4.65. The van der Waals surface area contributed by atoms with Crippen molar-refractivity contribution in [3.8, 4) is 5.69 Å². The van der Waals surface area contributed by atoms with Crippen molar-refractivity contribution in [2.45, 2.75) is 51.4 Å². The summed E-state index contributed by atoms with van der Waals surface area (Å²) in [6.07, 6.45) is 5.11. The Hall–Kier alpha value is -2.88. The highest BCUT2D eigenvalue weighted by Crippen LogP contribution is 2.40. The zero-order valence-electron chi connectivity index (χ0n) is 17.3. The lowest BCUT2D eigenvalue weighted by atomic mass is 9.79. The molecule has 2 aromatic carbocycles. The number of nitrogens with zero attached hydrogens (tertiary/aromatic N) is 2. The lowest BCUT2D eigenvalue weighted by molar-refractivity contribution is -0.120. The van der Waals surface area contributed by atoms with Gasteiger partial charge in [0.1, 0.15) is 0 Å².